The number of hydrogen-bond donors (Lipinski definition) is 2. The van der Waals surface area contributed by atoms with Crippen molar-refractivity contribution in [2.75, 3.05) is 82.1 Å². The maximum atomic E-state index is 13.1. The van der Waals surface area contributed by atoms with E-state index in [9.17, 15) is 26.4 Å². The highest BCUT2D eigenvalue weighted by Gasteiger charge is 2.37. The Kier molecular flexibility index (Phi) is 20.3. The van der Waals surface area contributed by atoms with Crippen LogP contribution in [0, 0.1) is 0 Å². The lowest BCUT2D eigenvalue weighted by atomic mass is 9.66. The molecule has 1 fully saturated rings. The molecule has 2 amide bonds. The number of anilines is 1. The molecule has 4 aromatic carbocycles. The van der Waals surface area contributed by atoms with Crippen LogP contribution < -0.4 is 24.2 Å². The number of nitrogens with one attached hydrogen (secondary N) is 2. The molecule has 2 N–H and O–H groups in total. The number of rotatable bonds is 24. The average molecular weight is 1100 g/mol. The van der Waals surface area contributed by atoms with Crippen molar-refractivity contribution in [3.63, 3.8) is 0 Å². The lowest BCUT2D eigenvalue weighted by Crippen LogP contribution is -2.51. The van der Waals surface area contributed by atoms with E-state index in [4.69, 9.17) is 83.8 Å². The van der Waals surface area contributed by atoms with Crippen molar-refractivity contribution in [3.8, 4) is 17.2 Å². The topological polar surface area (TPSA) is 161 Å². The van der Waals surface area contributed by atoms with Gasteiger partial charge in [0.25, 0.3) is 5.91 Å². The Balaban J connectivity index is 1.50. The van der Waals surface area contributed by atoms with E-state index in [0.717, 1.165) is 34.8 Å². The molecular weight excluding hydrogens is 1040 g/mol. The SMILES string of the molecule is CC(CCC(C)(c1ccc(OCC(=O)N2CCN(S(C)(=O)=O)CC2)cc1)c1cc(Cl)c(OCCCCl)c(Cl)c1)(c1ccc(NC(=O)CCNS(C)(=O)=O)cc1)c1cc(Cl)c(OCCCCl)c(Cl)c1. The van der Waals surface area contributed by atoms with Gasteiger partial charge in [0, 0.05) is 67.4 Å². The molecule has 1 aliphatic rings. The third-order valence-corrected chi connectivity index (χ3v) is 15.6. The van der Waals surface area contributed by atoms with Crippen molar-refractivity contribution in [1.82, 2.24) is 13.9 Å². The van der Waals surface area contributed by atoms with Crippen molar-refractivity contribution < 1.29 is 40.6 Å². The van der Waals surface area contributed by atoms with Gasteiger partial charge in [0.1, 0.15) is 5.75 Å². The summed E-state index contributed by atoms with van der Waals surface area (Å²) in [5.74, 6) is 1.34. The number of amides is 2. The molecule has 1 aliphatic heterocycles. The molecule has 13 nitrogen and oxygen atoms in total. The predicted octanol–water partition coefficient (Wildman–Crippen LogP) is 9.77. The Morgan fingerprint density at radius 1 is 0.647 bits per heavy atom. The van der Waals surface area contributed by atoms with Crippen LogP contribution in [-0.2, 0) is 40.5 Å². The summed E-state index contributed by atoms with van der Waals surface area (Å²) < 4.78 is 68.5. The molecule has 4 aromatic rings. The molecule has 1 heterocycles. The van der Waals surface area contributed by atoms with E-state index in [0.29, 0.717) is 93.7 Å². The number of nitrogens with zero attached hydrogens (tertiary/aromatic N) is 2. The fourth-order valence-corrected chi connectivity index (χ4v) is 10.5. The molecule has 2 atom stereocenters. The molecule has 0 spiro atoms. The zero-order chi connectivity index (χ0) is 49.9. The zero-order valence-electron chi connectivity index (χ0n) is 38.2. The highest BCUT2D eigenvalue weighted by Crippen LogP contribution is 2.48. The molecule has 2 unspecified atom stereocenters. The lowest BCUT2D eigenvalue weighted by Gasteiger charge is -2.38. The van der Waals surface area contributed by atoms with Crippen LogP contribution in [0.1, 0.15) is 68.2 Å². The minimum atomic E-state index is -3.45. The van der Waals surface area contributed by atoms with Crippen LogP contribution in [0.4, 0.5) is 5.69 Å². The van der Waals surface area contributed by atoms with Gasteiger partial charge < -0.3 is 24.4 Å². The molecule has 0 radical (unpaired) electrons. The molecular formula is C47H56Cl6N4O9S2. The summed E-state index contributed by atoms with van der Waals surface area (Å²) in [4.78, 5) is 27.4. The lowest BCUT2D eigenvalue weighted by molar-refractivity contribution is -0.134. The van der Waals surface area contributed by atoms with Crippen LogP contribution in [0.3, 0.4) is 0 Å². The fourth-order valence-electron chi connectivity index (χ4n) is 7.82. The van der Waals surface area contributed by atoms with Crippen molar-refractivity contribution in [1.29, 1.82) is 0 Å². The molecule has 21 heteroatoms. The van der Waals surface area contributed by atoms with Crippen molar-refractivity contribution in [3.05, 3.63) is 115 Å². The van der Waals surface area contributed by atoms with Crippen LogP contribution in [0.5, 0.6) is 17.2 Å². The van der Waals surface area contributed by atoms with Gasteiger partial charge in [0.05, 0.1) is 45.8 Å². The third kappa shape index (κ3) is 15.1. The number of carbonyl (C=O) groups is 2. The van der Waals surface area contributed by atoms with Gasteiger partial charge in [-0.05, 0) is 96.5 Å². The Hall–Kier alpha value is -3.22. The van der Waals surface area contributed by atoms with Gasteiger partial charge in [0.15, 0.2) is 18.1 Å². The number of piperazine rings is 1. The average Bonchev–Trinajstić information content (AvgIpc) is 3.28. The molecule has 5 rings (SSSR count). The number of hydrogen-bond acceptors (Lipinski definition) is 9. The minimum absolute atomic E-state index is 0.0451. The fraction of sp³-hybridized carbons (Fsp3) is 0.447. The molecule has 1 saturated heterocycles. The van der Waals surface area contributed by atoms with Crippen molar-refractivity contribution in [2.45, 2.75) is 56.8 Å². The smallest absolute Gasteiger partial charge is 0.260 e. The summed E-state index contributed by atoms with van der Waals surface area (Å²) in [6, 6.07) is 22.2. The normalized spacial score (nSPS) is 15.3. The summed E-state index contributed by atoms with van der Waals surface area (Å²) >= 11 is 39.5. The quantitative estimate of drug-likeness (QED) is 0.0514. The first-order valence-electron chi connectivity index (χ1n) is 21.8. The summed E-state index contributed by atoms with van der Waals surface area (Å²) in [6.45, 7) is 5.52. The Morgan fingerprint density at radius 3 is 1.50 bits per heavy atom. The zero-order valence-corrected chi connectivity index (χ0v) is 44.4. The van der Waals surface area contributed by atoms with Gasteiger partial charge in [-0.1, -0.05) is 84.5 Å². The second kappa shape index (κ2) is 24.8. The number of carbonyl (C=O) groups excluding carboxylic acids is 2. The highest BCUT2D eigenvalue weighted by atomic mass is 35.5. The highest BCUT2D eigenvalue weighted by molar-refractivity contribution is 7.88. The predicted molar refractivity (Wildman–Crippen MR) is 274 cm³/mol. The van der Waals surface area contributed by atoms with Gasteiger partial charge in [0.2, 0.25) is 26.0 Å². The first kappa shape index (κ1) is 55.7. The number of halogens is 6. The summed E-state index contributed by atoms with van der Waals surface area (Å²) in [5.41, 5.74) is 2.25. The Morgan fingerprint density at radius 2 is 1.09 bits per heavy atom. The van der Waals surface area contributed by atoms with E-state index in [1.807, 2.05) is 48.5 Å². The van der Waals surface area contributed by atoms with E-state index in [-0.39, 0.29) is 57.6 Å². The van der Waals surface area contributed by atoms with E-state index >= 15 is 0 Å². The first-order valence-corrected chi connectivity index (χ1v) is 28.1. The minimum Gasteiger partial charge on any atom is -0.490 e. The van der Waals surface area contributed by atoms with Gasteiger partial charge in [-0.2, -0.15) is 4.31 Å². The van der Waals surface area contributed by atoms with Crippen molar-refractivity contribution >= 4 is 107 Å². The van der Waals surface area contributed by atoms with Crippen LogP contribution in [0.15, 0.2) is 72.8 Å². The first-order chi connectivity index (χ1) is 32.1. The number of ether oxygens (including phenoxy) is 3. The van der Waals surface area contributed by atoms with E-state index in [1.54, 1.807) is 29.2 Å². The van der Waals surface area contributed by atoms with Crippen LogP contribution in [0.2, 0.25) is 20.1 Å². The molecule has 68 heavy (non-hydrogen) atoms. The molecule has 372 valence electrons. The summed E-state index contributed by atoms with van der Waals surface area (Å²) in [6.07, 6.45) is 4.27. The van der Waals surface area contributed by atoms with E-state index in [1.165, 1.54) is 4.31 Å². The maximum Gasteiger partial charge on any atom is 0.260 e. The molecule has 0 aliphatic carbocycles. The second-order valence-electron chi connectivity index (χ2n) is 16.9. The second-order valence-corrected chi connectivity index (χ2v) is 23.1. The van der Waals surface area contributed by atoms with Crippen molar-refractivity contribution in [2.24, 2.45) is 0 Å². The van der Waals surface area contributed by atoms with Crippen LogP contribution in [-0.4, -0.2) is 115 Å². The van der Waals surface area contributed by atoms with Crippen LogP contribution in [0.25, 0.3) is 0 Å². The van der Waals surface area contributed by atoms with Gasteiger partial charge >= 0.3 is 0 Å². The van der Waals surface area contributed by atoms with Gasteiger partial charge in [-0.3, -0.25) is 9.59 Å². The Labute approximate surface area is 430 Å². The monoisotopic (exact) mass is 1090 g/mol. The standard InChI is InChI=1S/C47H56Cl6N4O9S2/c1-46(34-27-38(50)44(39(51)28-34)64-25-5-18-48,32-7-11-36(12-8-32)55-42(58)15-20-54-67(3,60)61)16-17-47(2,35-29-40(52)45(41(53)30-35)65-26-6-19-49)33-9-13-37(14-10-33)66-31-43(59)56-21-23-57(24-22-56)68(4,62)63/h7-14,27-30,54H,5-6,15-26,31H2,1-4H3,(H,55,58). The Bertz CT molecular complexity index is 2560. The van der Waals surface area contributed by atoms with Gasteiger partial charge in [-0.25, -0.2) is 21.6 Å². The molecule has 0 aromatic heterocycles. The van der Waals surface area contributed by atoms with E-state index < -0.39 is 30.9 Å². The molecule has 0 saturated carbocycles. The van der Waals surface area contributed by atoms with Gasteiger partial charge in [-0.15, -0.1) is 23.2 Å². The largest absolute Gasteiger partial charge is 0.490 e. The number of alkyl halides is 2. The maximum absolute atomic E-state index is 13.1. The summed E-state index contributed by atoms with van der Waals surface area (Å²) in [5, 5.41) is 4.10. The summed E-state index contributed by atoms with van der Waals surface area (Å²) in [7, 11) is -6.80. The number of sulfonamides is 2. The molecule has 0 bridgehead atoms. The number of benzene rings is 4. The van der Waals surface area contributed by atoms with Crippen LogP contribution >= 0.6 is 69.6 Å². The van der Waals surface area contributed by atoms with E-state index in [2.05, 4.69) is 23.9 Å². The third-order valence-electron chi connectivity index (χ3n) is 11.9.